The van der Waals surface area contributed by atoms with E-state index in [4.69, 9.17) is 0 Å². The molecule has 2 fully saturated rings. The second-order valence-corrected chi connectivity index (χ2v) is 7.01. The van der Waals surface area contributed by atoms with Crippen LogP contribution >= 0.6 is 0 Å². The van der Waals surface area contributed by atoms with Crippen LogP contribution < -0.4 is 14.7 Å². The fourth-order valence-corrected chi connectivity index (χ4v) is 3.98. The van der Waals surface area contributed by atoms with Crippen LogP contribution in [0.1, 0.15) is 32.6 Å². The molecule has 0 amide bonds. The van der Waals surface area contributed by atoms with Gasteiger partial charge in [-0.25, -0.2) is 19.9 Å². The number of rotatable bonds is 4. The van der Waals surface area contributed by atoms with Gasteiger partial charge in [0.1, 0.15) is 18.0 Å². The quantitative estimate of drug-likeness (QED) is 0.836. The predicted octanol–water partition coefficient (Wildman–Crippen LogP) is 2.36. The Balaban J connectivity index is 1.44. The summed E-state index contributed by atoms with van der Waals surface area (Å²) in [6.07, 6.45) is 10.4. The molecule has 138 valence electrons. The smallest absolute Gasteiger partial charge is 0.225 e. The maximum absolute atomic E-state index is 4.58. The zero-order valence-corrected chi connectivity index (χ0v) is 15.5. The number of hydrogen-bond donors (Lipinski definition) is 0. The van der Waals surface area contributed by atoms with Crippen LogP contribution in [-0.4, -0.2) is 58.7 Å². The lowest BCUT2D eigenvalue weighted by atomic mass is 10.00. The third kappa shape index (κ3) is 3.57. The van der Waals surface area contributed by atoms with Gasteiger partial charge >= 0.3 is 0 Å². The van der Waals surface area contributed by atoms with Crippen molar-refractivity contribution in [2.24, 2.45) is 0 Å². The lowest BCUT2D eigenvalue weighted by Crippen LogP contribution is -2.47. The van der Waals surface area contributed by atoms with Crippen LogP contribution in [0.4, 0.5) is 17.6 Å². The van der Waals surface area contributed by atoms with E-state index in [1.165, 1.54) is 25.7 Å². The molecule has 26 heavy (non-hydrogen) atoms. The summed E-state index contributed by atoms with van der Waals surface area (Å²) in [6, 6.07) is 4.63. The first kappa shape index (κ1) is 17.0. The van der Waals surface area contributed by atoms with E-state index < -0.39 is 0 Å². The molecule has 0 saturated carbocycles. The van der Waals surface area contributed by atoms with Crippen molar-refractivity contribution in [1.82, 2.24) is 19.9 Å². The molecular formula is C19H27N7. The van der Waals surface area contributed by atoms with Crippen molar-refractivity contribution >= 4 is 17.6 Å². The highest BCUT2D eigenvalue weighted by Gasteiger charge is 2.24. The summed E-state index contributed by atoms with van der Waals surface area (Å²) in [5, 5.41) is 0. The number of nitrogens with zero attached hydrogens (tertiary/aromatic N) is 7. The van der Waals surface area contributed by atoms with Crippen LogP contribution in [0, 0.1) is 0 Å². The number of hydrogen-bond acceptors (Lipinski definition) is 7. The highest BCUT2D eigenvalue weighted by Crippen LogP contribution is 2.27. The number of piperidine rings is 1. The van der Waals surface area contributed by atoms with E-state index in [2.05, 4.69) is 47.6 Å². The molecule has 4 heterocycles. The second kappa shape index (κ2) is 7.85. The first-order valence-corrected chi connectivity index (χ1v) is 9.71. The Hall–Kier alpha value is -2.44. The molecule has 2 saturated heterocycles. The van der Waals surface area contributed by atoms with Crippen molar-refractivity contribution in [3.05, 3.63) is 30.9 Å². The minimum Gasteiger partial charge on any atom is -0.353 e. The topological polar surface area (TPSA) is 61.3 Å². The fourth-order valence-electron chi connectivity index (χ4n) is 3.98. The van der Waals surface area contributed by atoms with Gasteiger partial charge in [-0.15, -0.1) is 0 Å². The minimum absolute atomic E-state index is 0.610. The van der Waals surface area contributed by atoms with Crippen LogP contribution in [0.5, 0.6) is 0 Å². The van der Waals surface area contributed by atoms with E-state index in [0.29, 0.717) is 6.04 Å². The van der Waals surface area contributed by atoms with Crippen LogP contribution in [0.15, 0.2) is 30.9 Å². The van der Waals surface area contributed by atoms with Gasteiger partial charge in [0.15, 0.2) is 0 Å². The molecule has 1 unspecified atom stereocenters. The standard InChI is InChI=1S/C19H27N7/c1-2-16-6-3-4-9-26(16)18-14-17(22-15-23-18)24-10-12-25(13-11-24)19-20-7-5-8-21-19/h5,7-8,14-16H,2-4,6,9-13H2,1H3. The van der Waals surface area contributed by atoms with E-state index in [1.54, 1.807) is 18.7 Å². The molecule has 0 aliphatic carbocycles. The van der Waals surface area contributed by atoms with E-state index in [0.717, 1.165) is 50.3 Å². The average molecular weight is 353 g/mol. The predicted molar refractivity (Wildman–Crippen MR) is 104 cm³/mol. The first-order chi connectivity index (χ1) is 12.8. The maximum Gasteiger partial charge on any atom is 0.225 e. The number of aromatic nitrogens is 4. The Kier molecular flexibility index (Phi) is 5.13. The Labute approximate surface area is 155 Å². The summed E-state index contributed by atoms with van der Waals surface area (Å²) < 4.78 is 0. The van der Waals surface area contributed by atoms with Gasteiger partial charge in [-0.05, 0) is 31.7 Å². The molecular weight excluding hydrogens is 326 g/mol. The molecule has 2 aromatic heterocycles. The Morgan fingerprint density at radius 1 is 0.885 bits per heavy atom. The van der Waals surface area contributed by atoms with Gasteiger partial charge < -0.3 is 14.7 Å². The molecule has 4 rings (SSSR count). The highest BCUT2D eigenvalue weighted by atomic mass is 15.3. The Morgan fingerprint density at radius 3 is 2.38 bits per heavy atom. The van der Waals surface area contributed by atoms with Crippen LogP contribution in [0.25, 0.3) is 0 Å². The van der Waals surface area contributed by atoms with Gasteiger partial charge in [0.25, 0.3) is 0 Å². The monoisotopic (exact) mass is 353 g/mol. The van der Waals surface area contributed by atoms with Gasteiger partial charge in [0.05, 0.1) is 0 Å². The summed E-state index contributed by atoms with van der Waals surface area (Å²) in [6.45, 7) is 7.04. The summed E-state index contributed by atoms with van der Waals surface area (Å²) in [5.74, 6) is 2.93. The molecule has 0 bridgehead atoms. The van der Waals surface area contributed by atoms with Crippen molar-refractivity contribution in [3.63, 3.8) is 0 Å². The summed E-state index contributed by atoms with van der Waals surface area (Å²) in [5.41, 5.74) is 0. The van der Waals surface area contributed by atoms with Gasteiger partial charge in [0.2, 0.25) is 5.95 Å². The molecule has 2 aromatic rings. The first-order valence-electron chi connectivity index (χ1n) is 9.71. The van der Waals surface area contributed by atoms with E-state index in [1.807, 2.05) is 6.07 Å². The Bertz CT molecular complexity index is 700. The zero-order chi connectivity index (χ0) is 17.8. The van der Waals surface area contributed by atoms with Crippen molar-refractivity contribution in [1.29, 1.82) is 0 Å². The summed E-state index contributed by atoms with van der Waals surface area (Å²) >= 11 is 0. The number of anilines is 3. The fraction of sp³-hybridized carbons (Fsp3) is 0.579. The normalized spacial score (nSPS) is 21.1. The summed E-state index contributed by atoms with van der Waals surface area (Å²) in [4.78, 5) is 24.9. The van der Waals surface area contributed by atoms with E-state index in [9.17, 15) is 0 Å². The maximum atomic E-state index is 4.58. The molecule has 7 heteroatoms. The van der Waals surface area contributed by atoms with Gasteiger partial charge in [0, 0.05) is 57.2 Å². The third-order valence-corrected chi connectivity index (χ3v) is 5.47. The summed E-state index contributed by atoms with van der Waals surface area (Å²) in [7, 11) is 0. The van der Waals surface area contributed by atoms with Crippen molar-refractivity contribution in [2.75, 3.05) is 47.4 Å². The lowest BCUT2D eigenvalue weighted by Gasteiger charge is -2.38. The lowest BCUT2D eigenvalue weighted by molar-refractivity contribution is 0.446. The van der Waals surface area contributed by atoms with Crippen molar-refractivity contribution in [2.45, 2.75) is 38.6 Å². The Morgan fingerprint density at radius 2 is 1.62 bits per heavy atom. The molecule has 0 aromatic carbocycles. The largest absolute Gasteiger partial charge is 0.353 e. The second-order valence-electron chi connectivity index (χ2n) is 7.01. The molecule has 2 aliphatic rings. The SMILES string of the molecule is CCC1CCCCN1c1cc(N2CCN(c3ncccn3)CC2)ncn1. The molecule has 1 atom stereocenters. The molecule has 7 nitrogen and oxygen atoms in total. The van der Waals surface area contributed by atoms with Crippen molar-refractivity contribution < 1.29 is 0 Å². The van der Waals surface area contributed by atoms with Gasteiger partial charge in [-0.3, -0.25) is 0 Å². The van der Waals surface area contributed by atoms with Crippen molar-refractivity contribution in [3.8, 4) is 0 Å². The third-order valence-electron chi connectivity index (χ3n) is 5.47. The number of piperazine rings is 1. The van der Waals surface area contributed by atoms with E-state index in [-0.39, 0.29) is 0 Å². The molecule has 0 N–H and O–H groups in total. The zero-order valence-electron chi connectivity index (χ0n) is 15.5. The minimum atomic E-state index is 0.610. The van der Waals surface area contributed by atoms with Crippen LogP contribution in [-0.2, 0) is 0 Å². The molecule has 0 radical (unpaired) electrons. The van der Waals surface area contributed by atoms with Crippen LogP contribution in [0.3, 0.4) is 0 Å². The van der Waals surface area contributed by atoms with Gasteiger partial charge in [-0.1, -0.05) is 6.92 Å². The van der Waals surface area contributed by atoms with Gasteiger partial charge in [-0.2, -0.15) is 0 Å². The molecule has 2 aliphatic heterocycles. The molecule has 0 spiro atoms. The average Bonchev–Trinajstić information content (AvgIpc) is 2.74. The highest BCUT2D eigenvalue weighted by molar-refractivity contribution is 5.52. The van der Waals surface area contributed by atoms with Crippen LogP contribution in [0.2, 0.25) is 0 Å². The van der Waals surface area contributed by atoms with E-state index >= 15 is 0 Å².